The van der Waals surface area contributed by atoms with Crippen LogP contribution in [0.1, 0.15) is 51.6 Å². The van der Waals surface area contributed by atoms with Gasteiger partial charge in [-0.25, -0.2) is 14.8 Å². The summed E-state index contributed by atoms with van der Waals surface area (Å²) in [6.45, 7) is 12.8. The lowest BCUT2D eigenvalue weighted by atomic mass is 10.0. The van der Waals surface area contributed by atoms with Crippen molar-refractivity contribution in [1.29, 1.82) is 0 Å². The summed E-state index contributed by atoms with van der Waals surface area (Å²) in [5.74, 6) is 0. The Labute approximate surface area is 121 Å². The summed E-state index contributed by atoms with van der Waals surface area (Å²) in [4.78, 5) is 22.1. The third-order valence-corrected chi connectivity index (χ3v) is 2.87. The van der Waals surface area contributed by atoms with E-state index in [0.717, 1.165) is 23.4 Å². The maximum Gasteiger partial charge on any atom is 0.410 e. The first-order valence-electron chi connectivity index (χ1n) is 7.14. The first kappa shape index (κ1) is 16.4. The van der Waals surface area contributed by atoms with Crippen molar-refractivity contribution in [3.8, 4) is 0 Å². The number of aromatic nitrogens is 2. The fourth-order valence-electron chi connectivity index (χ4n) is 2.00. The van der Waals surface area contributed by atoms with E-state index in [1.54, 1.807) is 11.2 Å². The van der Waals surface area contributed by atoms with E-state index in [1.807, 2.05) is 41.5 Å². The molecular formula is C15H25N3O2. The SMILES string of the molecule is CC.Cc1ncnc2c1CCN(C(=O)OC(C)(C)C)C2. The second-order valence-electron chi connectivity index (χ2n) is 5.54. The van der Waals surface area contributed by atoms with Crippen LogP contribution in [0.2, 0.25) is 0 Å². The first-order chi connectivity index (χ1) is 9.37. The summed E-state index contributed by atoms with van der Waals surface area (Å²) in [5.41, 5.74) is 2.64. The molecule has 112 valence electrons. The quantitative estimate of drug-likeness (QED) is 0.732. The first-order valence-corrected chi connectivity index (χ1v) is 7.14. The molecule has 5 nitrogen and oxygen atoms in total. The zero-order valence-corrected chi connectivity index (χ0v) is 13.4. The van der Waals surface area contributed by atoms with E-state index in [2.05, 4.69) is 9.97 Å². The minimum Gasteiger partial charge on any atom is -0.444 e. The predicted octanol–water partition coefficient (Wildman–Crippen LogP) is 3.10. The van der Waals surface area contributed by atoms with Gasteiger partial charge < -0.3 is 9.64 Å². The molecule has 0 atom stereocenters. The highest BCUT2D eigenvalue weighted by Gasteiger charge is 2.26. The van der Waals surface area contributed by atoms with Crippen LogP contribution in [-0.4, -0.2) is 33.1 Å². The largest absolute Gasteiger partial charge is 0.444 e. The summed E-state index contributed by atoms with van der Waals surface area (Å²) in [6.07, 6.45) is 2.07. The molecule has 1 amide bonds. The lowest BCUT2D eigenvalue weighted by molar-refractivity contribution is 0.0220. The molecule has 5 heteroatoms. The minimum atomic E-state index is -0.459. The van der Waals surface area contributed by atoms with Gasteiger partial charge in [0, 0.05) is 12.2 Å². The standard InChI is InChI=1S/C13H19N3O2.C2H6/c1-9-10-5-6-16(7-11(10)15-8-14-9)12(17)18-13(2,3)4;1-2/h8H,5-7H2,1-4H3;1-2H3. The Kier molecular flexibility index (Phi) is 5.48. The number of carbonyl (C=O) groups excluding carboxylic acids is 1. The van der Waals surface area contributed by atoms with E-state index in [0.29, 0.717) is 13.1 Å². The molecule has 1 aliphatic heterocycles. The molecule has 0 N–H and O–H groups in total. The van der Waals surface area contributed by atoms with E-state index >= 15 is 0 Å². The van der Waals surface area contributed by atoms with Crippen LogP contribution >= 0.6 is 0 Å². The molecule has 1 aliphatic rings. The molecule has 0 spiro atoms. The summed E-state index contributed by atoms with van der Waals surface area (Å²) in [5, 5.41) is 0. The van der Waals surface area contributed by atoms with Crippen molar-refractivity contribution in [1.82, 2.24) is 14.9 Å². The molecule has 0 aromatic carbocycles. The Morgan fingerprint density at radius 2 is 1.95 bits per heavy atom. The number of rotatable bonds is 0. The zero-order chi connectivity index (χ0) is 15.3. The summed E-state index contributed by atoms with van der Waals surface area (Å²) < 4.78 is 5.37. The summed E-state index contributed by atoms with van der Waals surface area (Å²) in [6, 6.07) is 0. The average Bonchev–Trinajstić information content (AvgIpc) is 2.39. The van der Waals surface area contributed by atoms with Gasteiger partial charge in [-0.1, -0.05) is 13.8 Å². The lowest BCUT2D eigenvalue weighted by Crippen LogP contribution is -2.40. The van der Waals surface area contributed by atoms with Gasteiger partial charge in [0.05, 0.1) is 12.2 Å². The molecule has 0 bridgehead atoms. The Bertz CT molecular complexity index is 467. The Hall–Kier alpha value is -1.65. The number of aryl methyl sites for hydroxylation is 1. The van der Waals surface area contributed by atoms with Crippen molar-refractivity contribution in [2.24, 2.45) is 0 Å². The molecule has 0 saturated heterocycles. The number of amides is 1. The van der Waals surface area contributed by atoms with Crippen LogP contribution in [-0.2, 0) is 17.7 Å². The molecule has 0 fully saturated rings. The van der Waals surface area contributed by atoms with Crippen molar-refractivity contribution in [2.75, 3.05) is 6.54 Å². The smallest absolute Gasteiger partial charge is 0.410 e. The monoisotopic (exact) mass is 279 g/mol. The third-order valence-electron chi connectivity index (χ3n) is 2.87. The normalized spacial score (nSPS) is 14.0. The van der Waals surface area contributed by atoms with E-state index in [-0.39, 0.29) is 6.09 Å². The van der Waals surface area contributed by atoms with Crippen molar-refractivity contribution < 1.29 is 9.53 Å². The van der Waals surface area contributed by atoms with Gasteiger partial charge in [0.2, 0.25) is 0 Å². The van der Waals surface area contributed by atoms with E-state index < -0.39 is 5.60 Å². The molecule has 0 radical (unpaired) electrons. The van der Waals surface area contributed by atoms with Gasteiger partial charge >= 0.3 is 6.09 Å². The maximum absolute atomic E-state index is 12.0. The van der Waals surface area contributed by atoms with Crippen LogP contribution in [0, 0.1) is 6.92 Å². The van der Waals surface area contributed by atoms with Crippen LogP contribution < -0.4 is 0 Å². The van der Waals surface area contributed by atoms with Gasteiger partial charge in [-0.2, -0.15) is 0 Å². The average molecular weight is 279 g/mol. The number of hydrogen-bond donors (Lipinski definition) is 0. The summed E-state index contributed by atoms with van der Waals surface area (Å²) >= 11 is 0. The van der Waals surface area contributed by atoms with E-state index in [9.17, 15) is 4.79 Å². The highest BCUT2D eigenvalue weighted by Crippen LogP contribution is 2.20. The van der Waals surface area contributed by atoms with E-state index in [4.69, 9.17) is 4.74 Å². The molecule has 1 aromatic heterocycles. The summed E-state index contributed by atoms with van der Waals surface area (Å²) in [7, 11) is 0. The Morgan fingerprint density at radius 1 is 1.30 bits per heavy atom. The van der Waals surface area contributed by atoms with Crippen molar-refractivity contribution in [3.05, 3.63) is 23.3 Å². The number of nitrogens with zero attached hydrogens (tertiary/aromatic N) is 3. The molecular weight excluding hydrogens is 254 g/mol. The topological polar surface area (TPSA) is 55.3 Å². The molecule has 2 rings (SSSR count). The van der Waals surface area contributed by atoms with Crippen LogP contribution in [0.5, 0.6) is 0 Å². The van der Waals surface area contributed by atoms with Gasteiger partial charge in [0.15, 0.2) is 0 Å². The fourth-order valence-corrected chi connectivity index (χ4v) is 2.00. The zero-order valence-electron chi connectivity index (χ0n) is 13.4. The van der Waals surface area contributed by atoms with E-state index in [1.165, 1.54) is 0 Å². The van der Waals surface area contributed by atoms with Gasteiger partial charge in [-0.05, 0) is 39.7 Å². The predicted molar refractivity (Wildman–Crippen MR) is 78.5 cm³/mol. The molecule has 0 aliphatic carbocycles. The fraction of sp³-hybridized carbons (Fsp3) is 0.667. The maximum atomic E-state index is 12.0. The Morgan fingerprint density at radius 3 is 2.55 bits per heavy atom. The molecule has 0 unspecified atom stereocenters. The molecule has 0 saturated carbocycles. The van der Waals surface area contributed by atoms with Gasteiger partial charge in [0.25, 0.3) is 0 Å². The minimum absolute atomic E-state index is 0.274. The molecule has 20 heavy (non-hydrogen) atoms. The number of hydrogen-bond acceptors (Lipinski definition) is 4. The highest BCUT2D eigenvalue weighted by atomic mass is 16.6. The van der Waals surface area contributed by atoms with Crippen molar-refractivity contribution >= 4 is 6.09 Å². The second kappa shape index (κ2) is 6.68. The molecule has 1 aromatic rings. The van der Waals surface area contributed by atoms with Crippen LogP contribution in [0.15, 0.2) is 6.33 Å². The number of fused-ring (bicyclic) bond motifs is 1. The van der Waals surface area contributed by atoms with Gasteiger partial charge in [0.1, 0.15) is 11.9 Å². The number of carbonyl (C=O) groups is 1. The number of ether oxygens (including phenoxy) is 1. The van der Waals surface area contributed by atoms with Gasteiger partial charge in [-0.3, -0.25) is 0 Å². The van der Waals surface area contributed by atoms with Crippen molar-refractivity contribution in [3.63, 3.8) is 0 Å². The van der Waals surface area contributed by atoms with Crippen LogP contribution in [0.3, 0.4) is 0 Å². The highest BCUT2D eigenvalue weighted by molar-refractivity contribution is 5.68. The van der Waals surface area contributed by atoms with Crippen molar-refractivity contribution in [2.45, 2.75) is 60.1 Å². The molecule has 2 heterocycles. The van der Waals surface area contributed by atoms with Gasteiger partial charge in [-0.15, -0.1) is 0 Å². The lowest BCUT2D eigenvalue weighted by Gasteiger charge is -2.30. The second-order valence-corrected chi connectivity index (χ2v) is 5.54. The third kappa shape index (κ3) is 4.18. The Balaban J connectivity index is 0.000000956. The van der Waals surface area contributed by atoms with Crippen LogP contribution in [0.25, 0.3) is 0 Å². The van der Waals surface area contributed by atoms with Crippen LogP contribution in [0.4, 0.5) is 4.79 Å².